The van der Waals surface area contributed by atoms with Gasteiger partial charge in [0.05, 0.1) is 18.2 Å². The van der Waals surface area contributed by atoms with Crippen molar-refractivity contribution in [3.8, 4) is 11.5 Å². The van der Waals surface area contributed by atoms with Gasteiger partial charge in [0.25, 0.3) is 5.91 Å². The van der Waals surface area contributed by atoms with E-state index in [1.165, 1.54) is 6.42 Å². The Morgan fingerprint density at radius 1 is 1.46 bits per heavy atom. The number of carbonyl (C=O) groups is 1. The number of likely N-dealkylation sites (tertiary alicyclic amines) is 1. The highest BCUT2D eigenvalue weighted by molar-refractivity contribution is 9.10. The maximum Gasteiger partial charge on any atom is 0.254 e. The number of hydrogen-bond acceptors (Lipinski definition) is 4. The van der Waals surface area contributed by atoms with Crippen LogP contribution in [0.4, 0.5) is 0 Å². The van der Waals surface area contributed by atoms with Gasteiger partial charge in [-0.1, -0.05) is 6.92 Å². The molecule has 1 amide bonds. The van der Waals surface area contributed by atoms with Crippen molar-refractivity contribution in [3.63, 3.8) is 0 Å². The van der Waals surface area contributed by atoms with Crippen molar-refractivity contribution in [2.75, 3.05) is 40.4 Å². The molecule has 1 unspecified atom stereocenters. The number of benzene rings is 1. The van der Waals surface area contributed by atoms with E-state index in [1.54, 1.807) is 13.2 Å². The van der Waals surface area contributed by atoms with E-state index >= 15 is 0 Å². The van der Waals surface area contributed by atoms with Gasteiger partial charge < -0.3 is 19.7 Å². The summed E-state index contributed by atoms with van der Waals surface area (Å²) in [6.45, 7) is 5.22. The normalized spacial score (nSPS) is 17.7. The maximum atomic E-state index is 12.9. The van der Waals surface area contributed by atoms with Gasteiger partial charge in [-0.25, -0.2) is 0 Å². The molecule has 1 N–H and O–H groups in total. The first-order chi connectivity index (χ1) is 11.6. The van der Waals surface area contributed by atoms with Crippen LogP contribution in [0.3, 0.4) is 0 Å². The molecular weight excluding hydrogens is 372 g/mol. The second-order valence-electron chi connectivity index (χ2n) is 6.16. The zero-order chi connectivity index (χ0) is 17.5. The van der Waals surface area contributed by atoms with Crippen LogP contribution in [0.5, 0.6) is 11.5 Å². The molecule has 1 aromatic rings. The Morgan fingerprint density at radius 3 is 2.92 bits per heavy atom. The van der Waals surface area contributed by atoms with E-state index in [0.717, 1.165) is 36.9 Å². The monoisotopic (exact) mass is 398 g/mol. The molecule has 5 nitrogen and oxygen atoms in total. The van der Waals surface area contributed by atoms with Gasteiger partial charge in [-0.2, -0.15) is 0 Å². The quantitative estimate of drug-likeness (QED) is 0.765. The fourth-order valence-electron chi connectivity index (χ4n) is 3.07. The molecule has 1 atom stereocenters. The third-order valence-electron chi connectivity index (χ3n) is 4.23. The van der Waals surface area contributed by atoms with Gasteiger partial charge in [-0.05, 0) is 66.8 Å². The van der Waals surface area contributed by atoms with E-state index in [-0.39, 0.29) is 5.91 Å². The first-order valence-corrected chi connectivity index (χ1v) is 9.34. The number of methoxy groups -OCH3 is 1. The van der Waals surface area contributed by atoms with Crippen LogP contribution in [0.25, 0.3) is 0 Å². The molecule has 1 aliphatic rings. The molecule has 6 heteroatoms. The fraction of sp³-hybridized carbons (Fsp3) is 0.611. The van der Waals surface area contributed by atoms with Crippen LogP contribution in [0.2, 0.25) is 0 Å². The number of carbonyl (C=O) groups excluding carboxylic acids is 1. The third-order valence-corrected chi connectivity index (χ3v) is 4.81. The summed E-state index contributed by atoms with van der Waals surface area (Å²) in [6, 6.07) is 3.61. The van der Waals surface area contributed by atoms with Gasteiger partial charge in [0.15, 0.2) is 11.5 Å². The van der Waals surface area contributed by atoms with E-state index < -0.39 is 0 Å². The van der Waals surface area contributed by atoms with Crippen LogP contribution in [-0.2, 0) is 0 Å². The van der Waals surface area contributed by atoms with Gasteiger partial charge in [-0.15, -0.1) is 0 Å². The predicted octanol–water partition coefficient (Wildman–Crippen LogP) is 3.32. The van der Waals surface area contributed by atoms with Gasteiger partial charge in [0, 0.05) is 18.7 Å². The molecule has 1 aliphatic heterocycles. The summed E-state index contributed by atoms with van der Waals surface area (Å²) in [5, 5.41) is 3.21. The topological polar surface area (TPSA) is 50.8 Å². The van der Waals surface area contributed by atoms with Crippen LogP contribution in [0, 0.1) is 5.92 Å². The van der Waals surface area contributed by atoms with Crippen molar-refractivity contribution in [2.45, 2.75) is 26.2 Å². The lowest BCUT2D eigenvalue weighted by molar-refractivity contribution is 0.0673. The Hall–Kier alpha value is -1.27. The van der Waals surface area contributed by atoms with Gasteiger partial charge in [0.1, 0.15) is 0 Å². The third kappa shape index (κ3) is 4.63. The molecule has 24 heavy (non-hydrogen) atoms. The van der Waals surface area contributed by atoms with Crippen LogP contribution in [-0.4, -0.2) is 51.2 Å². The highest BCUT2D eigenvalue weighted by Gasteiger charge is 2.25. The number of amides is 1. The molecule has 0 spiro atoms. The Kier molecular flexibility index (Phi) is 7.37. The highest BCUT2D eigenvalue weighted by atomic mass is 79.9. The lowest BCUT2D eigenvalue weighted by Gasteiger charge is -2.33. The van der Waals surface area contributed by atoms with Crippen molar-refractivity contribution >= 4 is 21.8 Å². The second kappa shape index (κ2) is 9.28. The molecular formula is C18H27BrN2O3. The van der Waals surface area contributed by atoms with E-state index in [2.05, 4.69) is 28.2 Å². The summed E-state index contributed by atoms with van der Waals surface area (Å²) in [5.74, 6) is 1.81. The Morgan fingerprint density at radius 2 is 2.25 bits per heavy atom. The molecule has 0 aliphatic carbocycles. The van der Waals surface area contributed by atoms with Gasteiger partial charge in [-0.3, -0.25) is 4.79 Å². The zero-order valence-electron chi connectivity index (χ0n) is 14.7. The van der Waals surface area contributed by atoms with Gasteiger partial charge in [0.2, 0.25) is 0 Å². The van der Waals surface area contributed by atoms with Crippen molar-refractivity contribution < 1.29 is 14.3 Å². The van der Waals surface area contributed by atoms with Crippen LogP contribution >= 0.6 is 15.9 Å². The molecule has 1 heterocycles. The molecule has 1 saturated heterocycles. The second-order valence-corrected chi connectivity index (χ2v) is 7.01. The fourth-order valence-corrected chi connectivity index (χ4v) is 3.63. The summed E-state index contributed by atoms with van der Waals surface area (Å²) in [5.41, 5.74) is 0.632. The lowest BCUT2D eigenvalue weighted by Crippen LogP contribution is -2.42. The number of piperidine rings is 1. The average molecular weight is 399 g/mol. The van der Waals surface area contributed by atoms with E-state index in [1.807, 2.05) is 18.0 Å². The molecule has 134 valence electrons. The lowest BCUT2D eigenvalue weighted by atomic mass is 9.97. The van der Waals surface area contributed by atoms with Gasteiger partial charge >= 0.3 is 0 Å². The number of ether oxygens (including phenoxy) is 2. The number of nitrogens with one attached hydrogen (secondary N) is 1. The van der Waals surface area contributed by atoms with E-state index in [4.69, 9.17) is 9.47 Å². The number of rotatable bonds is 7. The standard InChI is InChI=1S/C18H27BrN2O3/c1-4-8-24-17-15(19)9-14(10-16(17)23-3)18(22)21-7-5-6-13(12-21)11-20-2/h9-10,13,20H,4-8,11-12H2,1-3H3. The van der Waals surface area contributed by atoms with E-state index in [9.17, 15) is 4.79 Å². The summed E-state index contributed by atoms with van der Waals surface area (Å²) in [6.07, 6.45) is 3.13. The molecule has 1 fully saturated rings. The minimum Gasteiger partial charge on any atom is -0.493 e. The molecule has 0 radical (unpaired) electrons. The smallest absolute Gasteiger partial charge is 0.254 e. The van der Waals surface area contributed by atoms with E-state index in [0.29, 0.717) is 29.6 Å². The van der Waals surface area contributed by atoms with Crippen molar-refractivity contribution in [1.29, 1.82) is 0 Å². The zero-order valence-corrected chi connectivity index (χ0v) is 16.3. The summed E-state index contributed by atoms with van der Waals surface area (Å²) < 4.78 is 11.9. The maximum absolute atomic E-state index is 12.9. The molecule has 0 bridgehead atoms. The SMILES string of the molecule is CCCOc1c(Br)cc(C(=O)N2CCCC(CNC)C2)cc1OC. The molecule has 0 aromatic heterocycles. The first-order valence-electron chi connectivity index (χ1n) is 8.54. The average Bonchev–Trinajstić information content (AvgIpc) is 2.60. The minimum atomic E-state index is 0.0526. The Balaban J connectivity index is 2.18. The van der Waals surface area contributed by atoms with Crippen LogP contribution in [0.1, 0.15) is 36.5 Å². The van der Waals surface area contributed by atoms with Crippen molar-refractivity contribution in [3.05, 3.63) is 22.2 Å². The molecule has 1 aromatic carbocycles. The summed E-state index contributed by atoms with van der Waals surface area (Å²) in [4.78, 5) is 14.8. The van der Waals surface area contributed by atoms with Crippen LogP contribution in [0.15, 0.2) is 16.6 Å². The predicted molar refractivity (Wildman–Crippen MR) is 99.0 cm³/mol. The largest absolute Gasteiger partial charge is 0.493 e. The van der Waals surface area contributed by atoms with Crippen LogP contribution < -0.4 is 14.8 Å². The Labute approximate surface area is 152 Å². The highest BCUT2D eigenvalue weighted by Crippen LogP contribution is 2.37. The summed E-state index contributed by atoms with van der Waals surface area (Å²) in [7, 11) is 3.55. The molecule has 2 rings (SSSR count). The first kappa shape index (κ1) is 19.1. The Bertz CT molecular complexity index is 563. The minimum absolute atomic E-state index is 0.0526. The summed E-state index contributed by atoms with van der Waals surface area (Å²) >= 11 is 3.51. The van der Waals surface area contributed by atoms with Crippen molar-refractivity contribution in [1.82, 2.24) is 10.2 Å². The number of nitrogens with zero attached hydrogens (tertiary/aromatic N) is 1. The number of hydrogen-bond donors (Lipinski definition) is 1. The van der Waals surface area contributed by atoms with Crippen molar-refractivity contribution in [2.24, 2.45) is 5.92 Å². The molecule has 0 saturated carbocycles. The number of halogens is 1.